The van der Waals surface area contributed by atoms with Gasteiger partial charge < -0.3 is 5.32 Å². The molecule has 2 atom stereocenters. The standard InChI is InChI=1S/C14H22BrN/c1-10(2)9-11(3)16-12(4)13-5-7-14(15)8-6-13/h5-8,10-12,16H,9H2,1-4H3/t11?,12-/m1/s1. The molecule has 90 valence electrons. The van der Waals surface area contributed by atoms with E-state index in [9.17, 15) is 0 Å². The van der Waals surface area contributed by atoms with Gasteiger partial charge in [-0.05, 0) is 43.9 Å². The van der Waals surface area contributed by atoms with Crippen LogP contribution in [0.25, 0.3) is 0 Å². The third-order valence-electron chi connectivity index (χ3n) is 2.73. The first-order valence-electron chi connectivity index (χ1n) is 6.00. The SMILES string of the molecule is CC(C)CC(C)N[C@H](C)c1ccc(Br)cc1. The van der Waals surface area contributed by atoms with Crippen molar-refractivity contribution in [2.45, 2.75) is 46.2 Å². The quantitative estimate of drug-likeness (QED) is 0.837. The van der Waals surface area contributed by atoms with Crippen molar-refractivity contribution in [1.82, 2.24) is 5.32 Å². The Morgan fingerprint density at radius 2 is 1.62 bits per heavy atom. The summed E-state index contributed by atoms with van der Waals surface area (Å²) in [6, 6.07) is 9.52. The van der Waals surface area contributed by atoms with Crippen molar-refractivity contribution in [2.24, 2.45) is 5.92 Å². The van der Waals surface area contributed by atoms with E-state index in [1.54, 1.807) is 0 Å². The Balaban J connectivity index is 2.51. The molecule has 1 aromatic carbocycles. The molecule has 16 heavy (non-hydrogen) atoms. The maximum Gasteiger partial charge on any atom is 0.0294 e. The number of hydrogen-bond acceptors (Lipinski definition) is 1. The first-order chi connectivity index (χ1) is 7.49. The molecule has 0 aliphatic carbocycles. The average Bonchev–Trinajstić information content (AvgIpc) is 2.16. The molecular weight excluding hydrogens is 262 g/mol. The molecule has 0 aliphatic rings. The average molecular weight is 284 g/mol. The Morgan fingerprint density at radius 1 is 1.06 bits per heavy atom. The highest BCUT2D eigenvalue weighted by Gasteiger charge is 2.10. The van der Waals surface area contributed by atoms with Crippen LogP contribution in [0.15, 0.2) is 28.7 Å². The Bertz CT molecular complexity index is 305. The Morgan fingerprint density at radius 3 is 2.12 bits per heavy atom. The maximum atomic E-state index is 3.63. The Hall–Kier alpha value is -0.340. The first-order valence-corrected chi connectivity index (χ1v) is 6.80. The predicted octanol–water partition coefficient (Wildman–Crippen LogP) is 4.53. The number of nitrogens with one attached hydrogen (secondary N) is 1. The van der Waals surface area contributed by atoms with Gasteiger partial charge in [-0.3, -0.25) is 0 Å². The lowest BCUT2D eigenvalue weighted by Gasteiger charge is -2.21. The lowest BCUT2D eigenvalue weighted by Crippen LogP contribution is -2.30. The molecule has 0 aliphatic heterocycles. The smallest absolute Gasteiger partial charge is 0.0294 e. The minimum atomic E-state index is 0.418. The van der Waals surface area contributed by atoms with Gasteiger partial charge in [0.1, 0.15) is 0 Å². The monoisotopic (exact) mass is 283 g/mol. The van der Waals surface area contributed by atoms with E-state index in [4.69, 9.17) is 0 Å². The van der Waals surface area contributed by atoms with E-state index in [0.717, 1.165) is 10.4 Å². The summed E-state index contributed by atoms with van der Waals surface area (Å²) in [5.74, 6) is 0.750. The second kappa shape index (κ2) is 6.41. The molecule has 1 unspecified atom stereocenters. The molecule has 0 radical (unpaired) electrons. The van der Waals surface area contributed by atoms with E-state index in [0.29, 0.717) is 12.1 Å². The second-order valence-corrected chi connectivity index (χ2v) is 5.89. The van der Waals surface area contributed by atoms with Crippen LogP contribution in [0, 0.1) is 5.92 Å². The van der Waals surface area contributed by atoms with Crippen molar-refractivity contribution in [1.29, 1.82) is 0 Å². The van der Waals surface area contributed by atoms with Gasteiger partial charge in [0, 0.05) is 16.6 Å². The van der Waals surface area contributed by atoms with Crippen molar-refractivity contribution >= 4 is 15.9 Å². The van der Waals surface area contributed by atoms with Gasteiger partial charge in [-0.25, -0.2) is 0 Å². The molecule has 2 heteroatoms. The minimum Gasteiger partial charge on any atom is -0.308 e. The topological polar surface area (TPSA) is 12.0 Å². The van der Waals surface area contributed by atoms with Crippen LogP contribution >= 0.6 is 15.9 Å². The molecule has 0 heterocycles. The van der Waals surface area contributed by atoms with Crippen LogP contribution in [0.4, 0.5) is 0 Å². The molecular formula is C14H22BrN. The van der Waals surface area contributed by atoms with Crippen LogP contribution in [-0.2, 0) is 0 Å². The summed E-state index contributed by atoms with van der Waals surface area (Å²) in [5.41, 5.74) is 1.35. The van der Waals surface area contributed by atoms with E-state index in [1.807, 2.05) is 0 Å². The van der Waals surface area contributed by atoms with Gasteiger partial charge in [0.15, 0.2) is 0 Å². The van der Waals surface area contributed by atoms with Crippen molar-refractivity contribution in [3.8, 4) is 0 Å². The highest BCUT2D eigenvalue weighted by atomic mass is 79.9. The zero-order valence-electron chi connectivity index (χ0n) is 10.6. The molecule has 0 spiro atoms. The van der Waals surface area contributed by atoms with Crippen molar-refractivity contribution < 1.29 is 0 Å². The van der Waals surface area contributed by atoms with Crippen molar-refractivity contribution in [3.05, 3.63) is 34.3 Å². The van der Waals surface area contributed by atoms with Crippen LogP contribution < -0.4 is 5.32 Å². The molecule has 1 nitrogen and oxygen atoms in total. The molecule has 0 bridgehead atoms. The van der Waals surface area contributed by atoms with Gasteiger partial charge in [-0.15, -0.1) is 0 Å². The third kappa shape index (κ3) is 4.67. The predicted molar refractivity (Wildman–Crippen MR) is 74.6 cm³/mol. The van der Waals surface area contributed by atoms with Gasteiger partial charge in [0.05, 0.1) is 0 Å². The Labute approximate surface area is 108 Å². The number of hydrogen-bond donors (Lipinski definition) is 1. The summed E-state index contributed by atoms with van der Waals surface area (Å²) in [6.45, 7) is 9.01. The molecule has 1 aromatic rings. The number of benzene rings is 1. The van der Waals surface area contributed by atoms with Gasteiger partial charge >= 0.3 is 0 Å². The molecule has 0 fully saturated rings. The van der Waals surface area contributed by atoms with Crippen molar-refractivity contribution in [3.63, 3.8) is 0 Å². The maximum absolute atomic E-state index is 3.63. The summed E-state index contributed by atoms with van der Waals surface area (Å²) in [7, 11) is 0. The highest BCUT2D eigenvalue weighted by Crippen LogP contribution is 2.18. The molecule has 1 N–H and O–H groups in total. The summed E-state index contributed by atoms with van der Waals surface area (Å²) >= 11 is 3.46. The van der Waals surface area contributed by atoms with Crippen LogP contribution in [0.5, 0.6) is 0 Å². The van der Waals surface area contributed by atoms with E-state index < -0.39 is 0 Å². The lowest BCUT2D eigenvalue weighted by molar-refractivity contribution is 0.407. The van der Waals surface area contributed by atoms with E-state index in [1.165, 1.54) is 12.0 Å². The van der Waals surface area contributed by atoms with Gasteiger partial charge in [0.2, 0.25) is 0 Å². The highest BCUT2D eigenvalue weighted by molar-refractivity contribution is 9.10. The van der Waals surface area contributed by atoms with Gasteiger partial charge in [-0.1, -0.05) is 41.9 Å². The van der Waals surface area contributed by atoms with Crippen LogP contribution in [0.3, 0.4) is 0 Å². The largest absolute Gasteiger partial charge is 0.308 e. The zero-order valence-corrected chi connectivity index (χ0v) is 12.2. The van der Waals surface area contributed by atoms with E-state index in [-0.39, 0.29) is 0 Å². The molecule has 0 aromatic heterocycles. The van der Waals surface area contributed by atoms with Gasteiger partial charge in [0.25, 0.3) is 0 Å². The third-order valence-corrected chi connectivity index (χ3v) is 3.26. The first kappa shape index (κ1) is 13.7. The fourth-order valence-corrected chi connectivity index (χ4v) is 2.31. The normalized spacial score (nSPS) is 15.1. The second-order valence-electron chi connectivity index (χ2n) is 4.97. The summed E-state index contributed by atoms with van der Waals surface area (Å²) in [5, 5.41) is 3.63. The summed E-state index contributed by atoms with van der Waals surface area (Å²) in [6.07, 6.45) is 1.22. The minimum absolute atomic E-state index is 0.418. The van der Waals surface area contributed by atoms with Gasteiger partial charge in [-0.2, -0.15) is 0 Å². The summed E-state index contributed by atoms with van der Waals surface area (Å²) in [4.78, 5) is 0. The van der Waals surface area contributed by atoms with Crippen molar-refractivity contribution in [2.75, 3.05) is 0 Å². The molecule has 0 saturated carbocycles. The molecule has 0 amide bonds. The molecule has 0 saturated heterocycles. The number of rotatable bonds is 5. The fourth-order valence-electron chi connectivity index (χ4n) is 2.05. The summed E-state index contributed by atoms with van der Waals surface area (Å²) < 4.78 is 1.14. The van der Waals surface area contributed by atoms with Crippen LogP contribution in [0.2, 0.25) is 0 Å². The van der Waals surface area contributed by atoms with Crippen LogP contribution in [0.1, 0.15) is 45.7 Å². The zero-order chi connectivity index (χ0) is 12.1. The van der Waals surface area contributed by atoms with E-state index >= 15 is 0 Å². The number of halogens is 1. The molecule has 1 rings (SSSR count). The fraction of sp³-hybridized carbons (Fsp3) is 0.571. The lowest BCUT2D eigenvalue weighted by atomic mass is 10.0. The Kier molecular flexibility index (Phi) is 5.50. The van der Waals surface area contributed by atoms with Crippen LogP contribution in [-0.4, -0.2) is 6.04 Å². The van der Waals surface area contributed by atoms with E-state index in [2.05, 4.69) is 73.2 Å².